The highest BCUT2D eigenvalue weighted by molar-refractivity contribution is 9.10. The fourth-order valence-electron chi connectivity index (χ4n) is 2.13. The normalized spacial score (nSPS) is 23.3. The molecule has 1 aromatic heterocycles. The van der Waals surface area contributed by atoms with Crippen LogP contribution in [0, 0.1) is 0 Å². The van der Waals surface area contributed by atoms with Gasteiger partial charge in [-0.15, -0.1) is 0 Å². The van der Waals surface area contributed by atoms with Crippen LogP contribution in [0.1, 0.15) is 24.6 Å². The van der Waals surface area contributed by atoms with E-state index in [2.05, 4.69) is 38.1 Å². The van der Waals surface area contributed by atoms with Crippen molar-refractivity contribution in [2.75, 3.05) is 12.8 Å². The lowest BCUT2D eigenvalue weighted by Crippen LogP contribution is -2.28. The molecule has 5 heteroatoms. The fourth-order valence-corrected chi connectivity index (χ4v) is 4.16. The molecular formula is C10H16BrN3S. The van der Waals surface area contributed by atoms with E-state index < -0.39 is 0 Å². The summed E-state index contributed by atoms with van der Waals surface area (Å²) in [7, 11) is 4.03. The number of hydrogen-bond acceptors (Lipinski definition) is 3. The second kappa shape index (κ2) is 4.89. The van der Waals surface area contributed by atoms with Crippen molar-refractivity contribution in [3.05, 3.63) is 16.4 Å². The fraction of sp³-hybridized carbons (Fsp3) is 0.700. The van der Waals surface area contributed by atoms with Crippen LogP contribution in [0.4, 0.5) is 0 Å². The van der Waals surface area contributed by atoms with E-state index in [4.69, 9.17) is 0 Å². The van der Waals surface area contributed by atoms with E-state index in [9.17, 15) is 0 Å². The minimum Gasteiger partial charge on any atom is -0.311 e. The lowest BCUT2D eigenvalue weighted by Gasteiger charge is -2.23. The molecule has 0 amide bonds. The maximum atomic E-state index is 4.28. The summed E-state index contributed by atoms with van der Waals surface area (Å²) in [6.07, 6.45) is 4.51. The number of nitrogens with one attached hydrogen (secondary N) is 1. The average Bonchev–Trinajstić information content (AvgIpc) is 2.83. The third-order valence-corrected chi connectivity index (χ3v) is 4.95. The van der Waals surface area contributed by atoms with Crippen molar-refractivity contribution in [1.82, 2.24) is 15.1 Å². The molecule has 1 saturated heterocycles. The van der Waals surface area contributed by atoms with Gasteiger partial charge in [0.25, 0.3) is 0 Å². The molecule has 0 radical (unpaired) electrons. The molecule has 0 saturated carbocycles. The molecule has 1 N–H and O–H groups in total. The minimum absolute atomic E-state index is 0.402. The van der Waals surface area contributed by atoms with Gasteiger partial charge in [0.15, 0.2) is 0 Å². The predicted molar refractivity (Wildman–Crippen MR) is 68.2 cm³/mol. The van der Waals surface area contributed by atoms with E-state index >= 15 is 0 Å². The van der Waals surface area contributed by atoms with E-state index in [-0.39, 0.29) is 0 Å². The zero-order chi connectivity index (χ0) is 10.8. The number of aromatic nitrogens is 2. The van der Waals surface area contributed by atoms with Gasteiger partial charge in [-0.05, 0) is 41.6 Å². The standard InChI is InChI=1S/C10H16BrN3S/c1-12-9(8-4-3-5-15-8)10-7(11)6-13-14(10)2/h6,8-9,12H,3-5H2,1-2H3. The van der Waals surface area contributed by atoms with Crippen LogP contribution in [0.15, 0.2) is 10.7 Å². The highest BCUT2D eigenvalue weighted by Gasteiger charge is 2.29. The van der Waals surface area contributed by atoms with Crippen molar-refractivity contribution in [3.8, 4) is 0 Å². The highest BCUT2D eigenvalue weighted by Crippen LogP contribution is 2.37. The summed E-state index contributed by atoms with van der Waals surface area (Å²) in [6.45, 7) is 0. The van der Waals surface area contributed by atoms with E-state index in [0.717, 1.165) is 4.47 Å². The van der Waals surface area contributed by atoms with Gasteiger partial charge in [0.05, 0.1) is 22.4 Å². The van der Waals surface area contributed by atoms with Crippen molar-refractivity contribution in [2.24, 2.45) is 7.05 Å². The van der Waals surface area contributed by atoms with Crippen molar-refractivity contribution in [1.29, 1.82) is 0 Å². The Labute approximate surface area is 103 Å². The van der Waals surface area contributed by atoms with Crippen LogP contribution < -0.4 is 5.32 Å². The Bertz CT molecular complexity index is 314. The second-order valence-electron chi connectivity index (χ2n) is 3.82. The predicted octanol–water partition coefficient (Wildman–Crippen LogP) is 2.34. The number of rotatable bonds is 3. The summed E-state index contributed by atoms with van der Waals surface area (Å²) in [5.74, 6) is 1.29. The zero-order valence-electron chi connectivity index (χ0n) is 9.03. The van der Waals surface area contributed by atoms with Gasteiger partial charge in [0.1, 0.15) is 0 Å². The molecule has 84 valence electrons. The molecule has 15 heavy (non-hydrogen) atoms. The van der Waals surface area contributed by atoms with E-state index in [1.54, 1.807) is 0 Å². The number of aryl methyl sites for hydroxylation is 1. The molecule has 0 bridgehead atoms. The van der Waals surface area contributed by atoms with Gasteiger partial charge in [0.2, 0.25) is 0 Å². The van der Waals surface area contributed by atoms with Crippen LogP contribution in [0.5, 0.6) is 0 Å². The summed E-state index contributed by atoms with van der Waals surface area (Å²) >= 11 is 5.64. The Morgan fingerprint density at radius 2 is 2.53 bits per heavy atom. The van der Waals surface area contributed by atoms with Crippen molar-refractivity contribution >= 4 is 27.7 Å². The van der Waals surface area contributed by atoms with Crippen LogP contribution in [0.3, 0.4) is 0 Å². The number of halogens is 1. The monoisotopic (exact) mass is 289 g/mol. The van der Waals surface area contributed by atoms with Gasteiger partial charge in [-0.25, -0.2) is 0 Å². The van der Waals surface area contributed by atoms with Gasteiger partial charge in [-0.2, -0.15) is 16.9 Å². The Balaban J connectivity index is 2.25. The largest absolute Gasteiger partial charge is 0.311 e. The summed E-state index contributed by atoms with van der Waals surface area (Å²) in [4.78, 5) is 0. The van der Waals surface area contributed by atoms with Gasteiger partial charge < -0.3 is 5.32 Å². The van der Waals surface area contributed by atoms with Crippen LogP contribution in [-0.4, -0.2) is 27.8 Å². The van der Waals surface area contributed by atoms with Gasteiger partial charge in [-0.3, -0.25) is 4.68 Å². The first-order valence-electron chi connectivity index (χ1n) is 5.20. The summed E-state index contributed by atoms with van der Waals surface area (Å²) in [5, 5.41) is 8.38. The Morgan fingerprint density at radius 3 is 3.00 bits per heavy atom. The van der Waals surface area contributed by atoms with Crippen molar-refractivity contribution in [2.45, 2.75) is 24.1 Å². The molecule has 1 aliphatic rings. The lowest BCUT2D eigenvalue weighted by molar-refractivity contribution is 0.508. The van der Waals surface area contributed by atoms with Crippen molar-refractivity contribution in [3.63, 3.8) is 0 Å². The number of thioether (sulfide) groups is 1. The van der Waals surface area contributed by atoms with Gasteiger partial charge >= 0.3 is 0 Å². The summed E-state index contributed by atoms with van der Waals surface area (Å²) < 4.78 is 3.07. The maximum Gasteiger partial charge on any atom is 0.0703 e. The van der Waals surface area contributed by atoms with Crippen LogP contribution >= 0.6 is 27.7 Å². The topological polar surface area (TPSA) is 29.9 Å². The second-order valence-corrected chi connectivity index (χ2v) is 6.02. The van der Waals surface area contributed by atoms with Crippen molar-refractivity contribution < 1.29 is 0 Å². The molecule has 2 unspecified atom stereocenters. The van der Waals surface area contributed by atoms with E-state index in [0.29, 0.717) is 11.3 Å². The molecule has 2 rings (SSSR count). The molecule has 1 aliphatic heterocycles. The smallest absolute Gasteiger partial charge is 0.0703 e. The molecular weight excluding hydrogens is 274 g/mol. The van der Waals surface area contributed by atoms with E-state index in [1.807, 2.05) is 25.0 Å². The third-order valence-electron chi connectivity index (χ3n) is 2.88. The first-order chi connectivity index (χ1) is 7.24. The first kappa shape index (κ1) is 11.5. The van der Waals surface area contributed by atoms with E-state index in [1.165, 1.54) is 24.3 Å². The van der Waals surface area contributed by atoms with Gasteiger partial charge in [-0.1, -0.05) is 0 Å². The molecule has 2 heterocycles. The lowest BCUT2D eigenvalue weighted by atomic mass is 10.1. The summed E-state index contributed by atoms with van der Waals surface area (Å²) in [5.41, 5.74) is 1.26. The Hall–Kier alpha value is -0.000000000000000111. The maximum absolute atomic E-state index is 4.28. The molecule has 0 spiro atoms. The highest BCUT2D eigenvalue weighted by atomic mass is 79.9. The SMILES string of the molecule is CNC(c1c(Br)cnn1C)C1CCCS1. The van der Waals surface area contributed by atoms with Crippen LogP contribution in [0.25, 0.3) is 0 Å². The molecule has 0 aromatic carbocycles. The quantitative estimate of drug-likeness (QED) is 0.926. The average molecular weight is 290 g/mol. The molecule has 0 aliphatic carbocycles. The Morgan fingerprint density at radius 1 is 1.73 bits per heavy atom. The summed E-state index contributed by atoms with van der Waals surface area (Å²) in [6, 6.07) is 0.402. The van der Waals surface area contributed by atoms with Crippen LogP contribution in [-0.2, 0) is 7.05 Å². The third kappa shape index (κ3) is 2.24. The number of hydrogen-bond donors (Lipinski definition) is 1. The molecule has 1 fully saturated rings. The molecule has 1 aromatic rings. The van der Waals surface area contributed by atoms with Gasteiger partial charge in [0, 0.05) is 12.3 Å². The van der Waals surface area contributed by atoms with Crippen LogP contribution in [0.2, 0.25) is 0 Å². The number of nitrogens with zero attached hydrogens (tertiary/aromatic N) is 2. The first-order valence-corrected chi connectivity index (χ1v) is 7.04. The molecule has 3 nitrogen and oxygen atoms in total. The molecule has 2 atom stereocenters. The minimum atomic E-state index is 0.402. The zero-order valence-corrected chi connectivity index (χ0v) is 11.4. The Kier molecular flexibility index (Phi) is 3.74.